The second-order valence-electron chi connectivity index (χ2n) is 6.54. The second-order valence-corrected chi connectivity index (χ2v) is 6.54. The average Bonchev–Trinajstić information content (AvgIpc) is 3.29. The quantitative estimate of drug-likeness (QED) is 0.869. The average molecular weight is 310 g/mol. The number of carbonyl (C=O) groups excluding carboxylic acids is 1. The second kappa shape index (κ2) is 5.72. The van der Waals surface area contributed by atoms with Crippen molar-refractivity contribution in [2.45, 2.75) is 12.3 Å². The van der Waals surface area contributed by atoms with Gasteiger partial charge in [0.25, 0.3) is 0 Å². The van der Waals surface area contributed by atoms with Gasteiger partial charge in [-0.3, -0.25) is 9.48 Å². The molecule has 2 heterocycles. The lowest BCUT2D eigenvalue weighted by Gasteiger charge is -2.36. The van der Waals surface area contributed by atoms with Crippen LogP contribution >= 0.6 is 0 Å². The van der Waals surface area contributed by atoms with Crippen molar-refractivity contribution in [1.82, 2.24) is 14.7 Å². The molecule has 1 amide bonds. The van der Waals surface area contributed by atoms with Gasteiger partial charge in [-0.05, 0) is 30.0 Å². The summed E-state index contributed by atoms with van der Waals surface area (Å²) in [5, 5.41) is 4.21. The highest BCUT2D eigenvalue weighted by atomic mass is 16.2. The molecular formula is C18H22N4O. The Morgan fingerprint density at radius 1 is 1.13 bits per heavy atom. The zero-order valence-electron chi connectivity index (χ0n) is 13.4. The van der Waals surface area contributed by atoms with Crippen molar-refractivity contribution in [3.05, 3.63) is 48.3 Å². The highest BCUT2D eigenvalue weighted by molar-refractivity contribution is 5.83. The van der Waals surface area contributed by atoms with E-state index in [9.17, 15) is 4.79 Å². The van der Waals surface area contributed by atoms with Crippen LogP contribution in [0.15, 0.2) is 42.7 Å². The molecule has 1 aromatic carbocycles. The van der Waals surface area contributed by atoms with Gasteiger partial charge in [-0.1, -0.05) is 18.2 Å². The Morgan fingerprint density at radius 3 is 2.52 bits per heavy atom. The van der Waals surface area contributed by atoms with Gasteiger partial charge in [-0.15, -0.1) is 0 Å². The first-order valence-corrected chi connectivity index (χ1v) is 8.30. The van der Waals surface area contributed by atoms with Crippen LogP contribution in [0.4, 0.5) is 5.69 Å². The summed E-state index contributed by atoms with van der Waals surface area (Å²) in [5.74, 6) is 0.873. The van der Waals surface area contributed by atoms with Gasteiger partial charge in [-0.2, -0.15) is 5.10 Å². The molecule has 120 valence electrons. The van der Waals surface area contributed by atoms with Crippen molar-refractivity contribution >= 4 is 11.6 Å². The molecule has 2 atom stereocenters. The molecule has 0 N–H and O–H groups in total. The number of aryl methyl sites for hydroxylation is 1. The summed E-state index contributed by atoms with van der Waals surface area (Å²) < 4.78 is 1.81. The molecule has 1 aliphatic heterocycles. The number of piperazine rings is 1. The van der Waals surface area contributed by atoms with Crippen LogP contribution in [0.2, 0.25) is 0 Å². The Balaban J connectivity index is 1.33. The van der Waals surface area contributed by atoms with Crippen LogP contribution in [-0.4, -0.2) is 46.8 Å². The van der Waals surface area contributed by atoms with E-state index in [-0.39, 0.29) is 5.92 Å². The van der Waals surface area contributed by atoms with Gasteiger partial charge in [-0.25, -0.2) is 0 Å². The number of rotatable bonds is 3. The lowest BCUT2D eigenvalue weighted by molar-refractivity contribution is -0.132. The first-order chi connectivity index (χ1) is 11.2. The summed E-state index contributed by atoms with van der Waals surface area (Å²) in [6.45, 7) is 3.48. The van der Waals surface area contributed by atoms with E-state index in [1.165, 1.54) is 11.3 Å². The number of anilines is 1. The maximum Gasteiger partial charge on any atom is 0.226 e. The number of amides is 1. The Bertz CT molecular complexity index is 688. The molecule has 1 saturated carbocycles. The molecule has 5 nitrogen and oxygen atoms in total. The lowest BCUT2D eigenvalue weighted by atomic mass is 10.1. The van der Waals surface area contributed by atoms with Crippen molar-refractivity contribution in [2.24, 2.45) is 13.0 Å². The molecular weight excluding hydrogens is 288 g/mol. The summed E-state index contributed by atoms with van der Waals surface area (Å²) in [6, 6.07) is 10.4. The third-order valence-electron chi connectivity index (χ3n) is 4.97. The van der Waals surface area contributed by atoms with E-state index in [0.717, 1.165) is 32.6 Å². The largest absolute Gasteiger partial charge is 0.368 e. The standard InChI is InChI=1S/C18H22N4O/c1-20-13-14(12-19-20)16-11-17(16)18(23)22-9-7-21(8-10-22)15-5-3-2-4-6-15/h2-6,12-13,16-17H,7-11H2,1H3/t16-,17+/m0/s1. The molecule has 0 bridgehead atoms. The van der Waals surface area contributed by atoms with Crippen molar-refractivity contribution in [2.75, 3.05) is 31.1 Å². The van der Waals surface area contributed by atoms with Gasteiger partial charge in [0.15, 0.2) is 0 Å². The summed E-state index contributed by atoms with van der Waals surface area (Å²) in [5.41, 5.74) is 2.45. The molecule has 0 spiro atoms. The van der Waals surface area contributed by atoms with Gasteiger partial charge >= 0.3 is 0 Å². The smallest absolute Gasteiger partial charge is 0.226 e. The van der Waals surface area contributed by atoms with Crippen LogP contribution in [-0.2, 0) is 11.8 Å². The first kappa shape index (κ1) is 14.3. The molecule has 5 heteroatoms. The number of hydrogen-bond acceptors (Lipinski definition) is 3. The molecule has 4 rings (SSSR count). The normalized spacial score (nSPS) is 23.9. The molecule has 23 heavy (non-hydrogen) atoms. The van der Waals surface area contributed by atoms with Gasteiger partial charge in [0, 0.05) is 51.0 Å². The number of aromatic nitrogens is 2. The maximum absolute atomic E-state index is 12.7. The highest BCUT2D eigenvalue weighted by Crippen LogP contribution is 2.48. The number of benzene rings is 1. The van der Waals surface area contributed by atoms with Gasteiger partial charge in [0.1, 0.15) is 0 Å². The van der Waals surface area contributed by atoms with Crippen molar-refractivity contribution in [3.63, 3.8) is 0 Å². The third-order valence-corrected chi connectivity index (χ3v) is 4.97. The molecule has 0 unspecified atom stereocenters. The van der Waals surface area contributed by atoms with Gasteiger partial charge in [0.2, 0.25) is 5.91 Å². The van der Waals surface area contributed by atoms with E-state index in [4.69, 9.17) is 0 Å². The minimum atomic E-state index is 0.169. The Kier molecular flexibility index (Phi) is 3.56. The van der Waals surface area contributed by atoms with E-state index in [2.05, 4.69) is 34.3 Å². The lowest BCUT2D eigenvalue weighted by Crippen LogP contribution is -2.49. The molecule has 0 radical (unpaired) electrons. The zero-order chi connectivity index (χ0) is 15.8. The van der Waals surface area contributed by atoms with E-state index >= 15 is 0 Å². The fraction of sp³-hybridized carbons (Fsp3) is 0.444. The molecule has 2 fully saturated rings. The topological polar surface area (TPSA) is 41.4 Å². The van der Waals surface area contributed by atoms with Gasteiger partial charge < -0.3 is 9.80 Å². The van der Waals surface area contributed by atoms with Gasteiger partial charge in [0.05, 0.1) is 6.20 Å². The summed E-state index contributed by atoms with van der Waals surface area (Å²) in [4.78, 5) is 17.1. The van der Waals surface area contributed by atoms with Crippen molar-refractivity contribution in [1.29, 1.82) is 0 Å². The van der Waals surface area contributed by atoms with Crippen LogP contribution in [0.1, 0.15) is 17.9 Å². The molecule has 2 aromatic rings. The Labute approximate surface area is 136 Å². The number of nitrogens with zero attached hydrogens (tertiary/aromatic N) is 4. The highest BCUT2D eigenvalue weighted by Gasteiger charge is 2.46. The third kappa shape index (κ3) is 2.83. The van der Waals surface area contributed by atoms with E-state index < -0.39 is 0 Å². The number of para-hydroxylation sites is 1. The minimum Gasteiger partial charge on any atom is -0.368 e. The van der Waals surface area contributed by atoms with E-state index in [1.807, 2.05) is 35.1 Å². The zero-order valence-corrected chi connectivity index (χ0v) is 13.4. The fourth-order valence-corrected chi connectivity index (χ4v) is 3.53. The predicted octanol–water partition coefficient (Wildman–Crippen LogP) is 1.87. The van der Waals surface area contributed by atoms with Crippen molar-refractivity contribution in [3.8, 4) is 0 Å². The predicted molar refractivity (Wildman–Crippen MR) is 89.3 cm³/mol. The fourth-order valence-electron chi connectivity index (χ4n) is 3.53. The maximum atomic E-state index is 12.7. The number of carbonyl (C=O) groups is 1. The first-order valence-electron chi connectivity index (χ1n) is 8.30. The van der Waals surface area contributed by atoms with E-state index in [1.54, 1.807) is 0 Å². The van der Waals surface area contributed by atoms with Crippen LogP contribution in [0.25, 0.3) is 0 Å². The van der Waals surface area contributed by atoms with Crippen LogP contribution in [0.5, 0.6) is 0 Å². The number of hydrogen-bond donors (Lipinski definition) is 0. The Morgan fingerprint density at radius 2 is 1.87 bits per heavy atom. The molecule has 1 aromatic heterocycles. The molecule has 1 aliphatic carbocycles. The summed E-state index contributed by atoms with van der Waals surface area (Å²) >= 11 is 0. The SMILES string of the molecule is Cn1cc([C@@H]2C[C@H]2C(=O)N2CCN(c3ccccc3)CC2)cn1. The summed E-state index contributed by atoms with van der Waals surface area (Å²) in [7, 11) is 1.92. The minimum absolute atomic E-state index is 0.169. The van der Waals surface area contributed by atoms with Crippen LogP contribution in [0, 0.1) is 5.92 Å². The summed E-state index contributed by atoms with van der Waals surface area (Å²) in [6.07, 6.45) is 4.90. The molecule has 2 aliphatic rings. The monoisotopic (exact) mass is 310 g/mol. The van der Waals surface area contributed by atoms with E-state index in [0.29, 0.717) is 11.8 Å². The van der Waals surface area contributed by atoms with Crippen LogP contribution in [0.3, 0.4) is 0 Å². The molecule has 1 saturated heterocycles. The van der Waals surface area contributed by atoms with Crippen LogP contribution < -0.4 is 4.90 Å². The Hall–Kier alpha value is -2.30. The van der Waals surface area contributed by atoms with Crippen molar-refractivity contribution < 1.29 is 4.79 Å².